The zero-order valence-corrected chi connectivity index (χ0v) is 19.5. The lowest BCUT2D eigenvalue weighted by Gasteiger charge is -2.42. The van der Waals surface area contributed by atoms with Crippen molar-refractivity contribution in [2.45, 2.75) is 38.3 Å². The van der Waals surface area contributed by atoms with Gasteiger partial charge in [-0.1, -0.05) is 0 Å². The number of anilines is 1. The Hall–Kier alpha value is -3.01. The number of hydrogen-bond donors (Lipinski definition) is 2. The molecule has 190 valence electrons. The Kier molecular flexibility index (Phi) is 6.76. The summed E-state index contributed by atoms with van der Waals surface area (Å²) in [6, 6.07) is 4.84. The van der Waals surface area contributed by atoms with Crippen molar-refractivity contribution < 1.29 is 40.0 Å². The first-order chi connectivity index (χ1) is 16.2. The Morgan fingerprint density at radius 3 is 2.11 bits per heavy atom. The number of nitrogens with two attached hydrogens (primary N) is 1. The Morgan fingerprint density at radius 2 is 1.69 bits per heavy atom. The fraction of sp³-hybridized carbons (Fsp3) is 0.400. The van der Waals surface area contributed by atoms with Gasteiger partial charge in [0.25, 0.3) is 0 Å². The molecule has 15 heteroatoms. The standard InChI is InChI=1S/C20H20F6N5O3P/c1-4-33-35(32,34-5-2)18(20(24,25)26)14(10-27)16(28)29-17-15(18)11(3)30-31(17)13-8-6-12(7-9-13)19(21,22)23/h6-9,29H,4-5,28H2,1-3H3. The fourth-order valence-corrected chi connectivity index (χ4v) is 6.43. The molecule has 8 nitrogen and oxygen atoms in total. The third-order valence-corrected chi connectivity index (χ3v) is 8.00. The molecule has 1 aliphatic rings. The van der Waals surface area contributed by atoms with E-state index in [0.29, 0.717) is 0 Å². The van der Waals surface area contributed by atoms with E-state index in [1.807, 2.05) is 0 Å². The van der Waals surface area contributed by atoms with Gasteiger partial charge in [0, 0.05) is 0 Å². The maximum atomic E-state index is 15.0. The second-order valence-electron chi connectivity index (χ2n) is 7.33. The maximum Gasteiger partial charge on any atom is 0.416 e. The van der Waals surface area contributed by atoms with E-state index >= 15 is 13.2 Å². The smallest absolute Gasteiger partial charge is 0.384 e. The zero-order valence-electron chi connectivity index (χ0n) is 18.6. The average Bonchev–Trinajstić information content (AvgIpc) is 3.07. The van der Waals surface area contributed by atoms with E-state index in [9.17, 15) is 23.0 Å². The van der Waals surface area contributed by atoms with Crippen LogP contribution in [0.5, 0.6) is 0 Å². The van der Waals surface area contributed by atoms with Gasteiger partial charge >= 0.3 is 19.9 Å². The lowest BCUT2D eigenvalue weighted by molar-refractivity contribution is -0.160. The van der Waals surface area contributed by atoms with Crippen LogP contribution in [-0.2, 0) is 24.9 Å². The molecule has 1 atom stereocenters. The molecule has 0 spiro atoms. The first-order valence-electron chi connectivity index (χ1n) is 10.1. The van der Waals surface area contributed by atoms with Crippen LogP contribution in [0.1, 0.15) is 30.7 Å². The largest absolute Gasteiger partial charge is 0.416 e. The molecular weight excluding hydrogens is 503 g/mol. The van der Waals surface area contributed by atoms with Gasteiger partial charge in [0.1, 0.15) is 23.3 Å². The monoisotopic (exact) mass is 523 g/mol. The fourth-order valence-electron chi connectivity index (χ4n) is 3.99. The quantitative estimate of drug-likeness (QED) is 0.388. The minimum atomic E-state index is -5.43. The number of nitriles is 1. The van der Waals surface area contributed by atoms with Crippen molar-refractivity contribution in [1.29, 1.82) is 5.26 Å². The summed E-state index contributed by atoms with van der Waals surface area (Å²) in [4.78, 5) is 0. The molecular formula is C20H20F6N5O3P. The van der Waals surface area contributed by atoms with Gasteiger partial charge in [-0.2, -0.15) is 36.7 Å². The minimum absolute atomic E-state index is 0.0539. The van der Waals surface area contributed by atoms with Crippen LogP contribution in [0.25, 0.3) is 5.69 Å². The van der Waals surface area contributed by atoms with Crippen LogP contribution >= 0.6 is 7.60 Å². The highest BCUT2D eigenvalue weighted by Gasteiger charge is 2.75. The lowest BCUT2D eigenvalue weighted by Crippen LogP contribution is -2.49. The van der Waals surface area contributed by atoms with Crippen LogP contribution in [0.3, 0.4) is 0 Å². The molecule has 2 heterocycles. The highest BCUT2D eigenvalue weighted by Crippen LogP contribution is 2.75. The van der Waals surface area contributed by atoms with Crippen LogP contribution in [0, 0.1) is 18.3 Å². The highest BCUT2D eigenvalue weighted by atomic mass is 31.2. The number of aryl methyl sites for hydroxylation is 1. The van der Waals surface area contributed by atoms with Gasteiger partial charge in [-0.15, -0.1) is 0 Å². The van der Waals surface area contributed by atoms with Crippen LogP contribution in [0.15, 0.2) is 35.7 Å². The summed E-state index contributed by atoms with van der Waals surface area (Å²) >= 11 is 0. The average molecular weight is 523 g/mol. The minimum Gasteiger partial charge on any atom is -0.384 e. The van der Waals surface area contributed by atoms with Gasteiger partial charge < -0.3 is 20.1 Å². The van der Waals surface area contributed by atoms with E-state index < -0.39 is 66.7 Å². The first kappa shape index (κ1) is 26.6. The highest BCUT2D eigenvalue weighted by molar-refractivity contribution is 7.55. The molecule has 0 aliphatic carbocycles. The third kappa shape index (κ3) is 3.97. The number of rotatable bonds is 6. The number of aromatic nitrogens is 2. The number of benzene rings is 1. The van der Waals surface area contributed by atoms with Crippen molar-refractivity contribution in [1.82, 2.24) is 9.78 Å². The molecule has 0 amide bonds. The van der Waals surface area contributed by atoms with Gasteiger partial charge in [-0.25, -0.2) is 4.68 Å². The molecule has 2 aromatic rings. The van der Waals surface area contributed by atoms with E-state index in [1.54, 1.807) is 0 Å². The summed E-state index contributed by atoms with van der Waals surface area (Å²) in [6.45, 7) is 2.86. The molecule has 3 rings (SSSR count). The predicted octanol–water partition coefficient (Wildman–Crippen LogP) is 5.34. The van der Waals surface area contributed by atoms with Gasteiger partial charge in [0.15, 0.2) is 0 Å². The van der Waals surface area contributed by atoms with Gasteiger partial charge in [-0.05, 0) is 45.0 Å². The molecule has 3 N–H and O–H groups in total. The maximum absolute atomic E-state index is 15.0. The summed E-state index contributed by atoms with van der Waals surface area (Å²) < 4.78 is 109. The van der Waals surface area contributed by atoms with Crippen LogP contribution in [0.4, 0.5) is 32.2 Å². The summed E-state index contributed by atoms with van der Waals surface area (Å²) in [5.74, 6) is -1.24. The van der Waals surface area contributed by atoms with Gasteiger partial charge in [0.05, 0.1) is 35.7 Å². The van der Waals surface area contributed by atoms with Crippen molar-refractivity contribution in [2.75, 3.05) is 18.5 Å². The Labute approximate surface area is 195 Å². The number of alkyl halides is 6. The van der Waals surface area contributed by atoms with Crippen molar-refractivity contribution in [2.24, 2.45) is 5.73 Å². The molecule has 0 saturated heterocycles. The molecule has 1 aromatic carbocycles. The summed E-state index contributed by atoms with van der Waals surface area (Å²) in [5.41, 5.74) is 2.57. The molecule has 1 unspecified atom stereocenters. The predicted molar refractivity (Wildman–Crippen MR) is 112 cm³/mol. The molecule has 0 radical (unpaired) electrons. The van der Waals surface area contributed by atoms with E-state index in [0.717, 1.165) is 28.9 Å². The Balaban J connectivity index is 2.43. The Bertz CT molecular complexity index is 1240. The summed E-state index contributed by atoms with van der Waals surface area (Å²) in [5, 5.41) is 12.6. The third-order valence-electron chi connectivity index (χ3n) is 5.28. The van der Waals surface area contributed by atoms with Crippen molar-refractivity contribution in [3.8, 4) is 11.8 Å². The van der Waals surface area contributed by atoms with Crippen molar-refractivity contribution in [3.63, 3.8) is 0 Å². The van der Waals surface area contributed by atoms with Gasteiger partial charge in [-0.3, -0.25) is 4.57 Å². The van der Waals surface area contributed by atoms with E-state index in [-0.39, 0.29) is 11.4 Å². The second-order valence-corrected chi connectivity index (χ2v) is 9.51. The first-order valence-corrected chi connectivity index (χ1v) is 11.6. The van der Waals surface area contributed by atoms with E-state index in [1.165, 1.54) is 26.8 Å². The lowest BCUT2D eigenvalue weighted by atomic mass is 9.87. The number of nitrogens with zero attached hydrogens (tertiary/aromatic N) is 3. The number of hydrogen-bond acceptors (Lipinski definition) is 7. The normalized spacial score (nSPS) is 18.7. The topological polar surface area (TPSA) is 115 Å². The second kappa shape index (κ2) is 8.89. The number of allylic oxidation sites excluding steroid dienone is 1. The van der Waals surface area contributed by atoms with Crippen molar-refractivity contribution in [3.05, 3.63) is 52.5 Å². The van der Waals surface area contributed by atoms with E-state index in [4.69, 9.17) is 14.8 Å². The van der Waals surface area contributed by atoms with Crippen LogP contribution in [0.2, 0.25) is 0 Å². The Morgan fingerprint density at radius 1 is 1.14 bits per heavy atom. The van der Waals surface area contributed by atoms with Crippen LogP contribution in [-0.4, -0.2) is 29.2 Å². The van der Waals surface area contributed by atoms with E-state index in [2.05, 4.69) is 10.4 Å². The SMILES string of the molecule is CCOP(=O)(OCC)C1(C(F)(F)F)C(C#N)=C(N)Nc2c1c(C)nn2-c1ccc(C(F)(F)F)cc1. The van der Waals surface area contributed by atoms with Crippen LogP contribution < -0.4 is 11.1 Å². The molecule has 0 bridgehead atoms. The summed E-state index contributed by atoms with van der Waals surface area (Å²) in [6.07, 6.45) is -10.1. The van der Waals surface area contributed by atoms with Crippen molar-refractivity contribution >= 4 is 13.4 Å². The number of fused-ring (bicyclic) bond motifs is 1. The van der Waals surface area contributed by atoms with Gasteiger partial charge in [0.2, 0.25) is 5.16 Å². The summed E-state index contributed by atoms with van der Waals surface area (Å²) in [7, 11) is -5.25. The molecule has 35 heavy (non-hydrogen) atoms. The molecule has 0 saturated carbocycles. The number of nitrogens with one attached hydrogen (secondary N) is 1. The zero-order chi connectivity index (χ0) is 26.4. The molecule has 1 aromatic heterocycles. The number of halogens is 6. The molecule has 1 aliphatic heterocycles. The molecule has 0 fully saturated rings.